The van der Waals surface area contributed by atoms with Gasteiger partial charge in [0.1, 0.15) is 5.82 Å². The quantitative estimate of drug-likeness (QED) is 0.711. The minimum atomic E-state index is -0.540. The first-order valence-electron chi connectivity index (χ1n) is 5.05. The van der Waals surface area contributed by atoms with Crippen LogP contribution in [0.4, 0.5) is 20.2 Å². The van der Waals surface area contributed by atoms with Gasteiger partial charge in [0.15, 0.2) is 5.82 Å². The largest absolute Gasteiger partial charge is 0.383 e. The topological polar surface area (TPSA) is 15.3 Å². The van der Waals surface area contributed by atoms with E-state index in [1.165, 1.54) is 6.07 Å². The second-order valence-electron chi connectivity index (χ2n) is 3.96. The van der Waals surface area contributed by atoms with Crippen molar-refractivity contribution in [3.05, 3.63) is 23.8 Å². The molecule has 4 heteroatoms. The Balaban J connectivity index is 2.53. The highest BCUT2D eigenvalue weighted by molar-refractivity contribution is 5.71. The summed E-state index contributed by atoms with van der Waals surface area (Å²) in [6, 6.07) is 2.51. The Morgan fingerprint density at radius 1 is 1.40 bits per heavy atom. The van der Waals surface area contributed by atoms with Crippen LogP contribution in [-0.2, 0) is 0 Å². The van der Waals surface area contributed by atoms with Crippen LogP contribution in [0.2, 0.25) is 0 Å². The molecule has 0 spiro atoms. The van der Waals surface area contributed by atoms with E-state index in [9.17, 15) is 8.78 Å². The van der Waals surface area contributed by atoms with Crippen LogP contribution in [-0.4, -0.2) is 19.6 Å². The van der Waals surface area contributed by atoms with E-state index in [2.05, 4.69) is 5.32 Å². The van der Waals surface area contributed by atoms with Gasteiger partial charge in [0.2, 0.25) is 0 Å². The second-order valence-corrected chi connectivity index (χ2v) is 3.96. The summed E-state index contributed by atoms with van der Waals surface area (Å²) >= 11 is 0. The molecule has 1 heterocycles. The number of nitrogens with one attached hydrogen (secondary N) is 1. The van der Waals surface area contributed by atoms with Crippen molar-refractivity contribution in [2.75, 3.05) is 23.8 Å². The van der Waals surface area contributed by atoms with Crippen molar-refractivity contribution < 1.29 is 8.78 Å². The highest BCUT2D eigenvalue weighted by Crippen LogP contribution is 2.33. The molecule has 1 aliphatic heterocycles. The molecule has 0 aromatic heterocycles. The van der Waals surface area contributed by atoms with Crippen LogP contribution in [0.15, 0.2) is 12.1 Å². The first kappa shape index (κ1) is 10.2. The normalized spacial score (nSPS) is 20.5. The van der Waals surface area contributed by atoms with Crippen LogP contribution in [0.3, 0.4) is 0 Å². The van der Waals surface area contributed by atoms with Gasteiger partial charge in [-0.15, -0.1) is 0 Å². The molecule has 0 radical (unpaired) electrons. The molecule has 1 aliphatic rings. The molecule has 15 heavy (non-hydrogen) atoms. The first-order chi connectivity index (χ1) is 7.09. The van der Waals surface area contributed by atoms with Gasteiger partial charge in [0.05, 0.1) is 11.4 Å². The molecule has 0 bridgehead atoms. The first-order valence-corrected chi connectivity index (χ1v) is 5.05. The molecule has 0 amide bonds. The number of halogens is 2. The van der Waals surface area contributed by atoms with Gasteiger partial charge in [-0.3, -0.25) is 0 Å². The predicted octanol–water partition coefficient (Wildman–Crippen LogP) is 2.61. The molecule has 2 rings (SSSR count). The number of hydrogen-bond acceptors (Lipinski definition) is 2. The van der Waals surface area contributed by atoms with Crippen LogP contribution < -0.4 is 10.2 Å². The lowest BCUT2D eigenvalue weighted by Gasteiger charge is -2.25. The summed E-state index contributed by atoms with van der Waals surface area (Å²) in [5.74, 6) is -1.05. The summed E-state index contributed by atoms with van der Waals surface area (Å²) in [5.41, 5.74) is 1.00. The van der Waals surface area contributed by atoms with Gasteiger partial charge in [-0.2, -0.15) is 0 Å². The maximum Gasteiger partial charge on any atom is 0.151 e. The zero-order valence-electron chi connectivity index (χ0n) is 8.85. The summed E-state index contributed by atoms with van der Waals surface area (Å²) in [7, 11) is 1.83. The van der Waals surface area contributed by atoms with E-state index in [0.29, 0.717) is 11.4 Å². The van der Waals surface area contributed by atoms with E-state index in [0.717, 1.165) is 19.0 Å². The minimum absolute atomic E-state index is 0.249. The molecule has 1 N–H and O–H groups in total. The van der Waals surface area contributed by atoms with E-state index in [1.807, 2.05) is 18.9 Å². The molecule has 82 valence electrons. The zero-order valence-corrected chi connectivity index (χ0v) is 8.85. The fraction of sp³-hybridized carbons (Fsp3) is 0.455. The monoisotopic (exact) mass is 212 g/mol. The fourth-order valence-electron chi connectivity index (χ4n) is 1.89. The zero-order chi connectivity index (χ0) is 11.0. The summed E-state index contributed by atoms with van der Waals surface area (Å²) in [5, 5.41) is 3.05. The number of benzene rings is 1. The highest BCUT2D eigenvalue weighted by atomic mass is 19.1. The maximum atomic E-state index is 13.6. The summed E-state index contributed by atoms with van der Waals surface area (Å²) < 4.78 is 26.6. The Kier molecular flexibility index (Phi) is 2.50. The molecule has 1 unspecified atom stereocenters. The van der Waals surface area contributed by atoms with Gasteiger partial charge < -0.3 is 10.2 Å². The van der Waals surface area contributed by atoms with Gasteiger partial charge in [0, 0.05) is 25.7 Å². The van der Waals surface area contributed by atoms with E-state index >= 15 is 0 Å². The van der Waals surface area contributed by atoms with Crippen molar-refractivity contribution in [1.29, 1.82) is 0 Å². The average molecular weight is 212 g/mol. The van der Waals surface area contributed by atoms with Crippen molar-refractivity contribution in [2.45, 2.75) is 19.4 Å². The van der Waals surface area contributed by atoms with Crippen molar-refractivity contribution in [1.82, 2.24) is 0 Å². The Labute approximate surface area is 87.9 Å². The molecule has 1 atom stereocenters. The van der Waals surface area contributed by atoms with Crippen LogP contribution in [0, 0.1) is 11.6 Å². The highest BCUT2D eigenvalue weighted by Gasteiger charge is 2.21. The Hall–Kier alpha value is -1.32. The number of anilines is 2. The molecule has 1 aromatic rings. The third-order valence-corrected chi connectivity index (χ3v) is 2.92. The van der Waals surface area contributed by atoms with Gasteiger partial charge in [-0.1, -0.05) is 0 Å². The minimum Gasteiger partial charge on any atom is -0.383 e. The third-order valence-electron chi connectivity index (χ3n) is 2.92. The molecule has 2 nitrogen and oxygen atoms in total. The van der Waals surface area contributed by atoms with Gasteiger partial charge >= 0.3 is 0 Å². The van der Waals surface area contributed by atoms with Crippen LogP contribution >= 0.6 is 0 Å². The lowest BCUT2D eigenvalue weighted by Crippen LogP contribution is -2.28. The molecule has 0 aliphatic carbocycles. The van der Waals surface area contributed by atoms with Crippen LogP contribution in [0.1, 0.15) is 13.3 Å². The Morgan fingerprint density at radius 2 is 2.13 bits per heavy atom. The van der Waals surface area contributed by atoms with E-state index in [1.54, 1.807) is 0 Å². The van der Waals surface area contributed by atoms with Gasteiger partial charge in [-0.05, 0) is 19.4 Å². The SMILES string of the molecule is CC1CCNc2cc(F)cc(F)c2N1C. The number of fused-ring (bicyclic) bond motifs is 1. The fourth-order valence-corrected chi connectivity index (χ4v) is 1.89. The maximum absolute atomic E-state index is 13.6. The standard InChI is InChI=1S/C11H14F2N2/c1-7-3-4-14-10-6-8(12)5-9(13)11(10)15(7)2/h5-7,14H,3-4H2,1-2H3. The number of nitrogens with zero attached hydrogens (tertiary/aromatic N) is 1. The molecular formula is C11H14F2N2. The van der Waals surface area contributed by atoms with Crippen molar-refractivity contribution in [2.24, 2.45) is 0 Å². The predicted molar refractivity (Wildman–Crippen MR) is 57.3 cm³/mol. The number of hydrogen-bond donors (Lipinski definition) is 1. The van der Waals surface area contributed by atoms with Crippen molar-refractivity contribution in [3.8, 4) is 0 Å². The average Bonchev–Trinajstić information content (AvgIpc) is 2.27. The summed E-state index contributed by atoms with van der Waals surface area (Å²) in [4.78, 5) is 1.85. The van der Waals surface area contributed by atoms with Crippen molar-refractivity contribution in [3.63, 3.8) is 0 Å². The molecule has 0 saturated heterocycles. The summed E-state index contributed by atoms with van der Waals surface area (Å²) in [6.45, 7) is 2.76. The third kappa shape index (κ3) is 1.76. The van der Waals surface area contributed by atoms with E-state index < -0.39 is 11.6 Å². The van der Waals surface area contributed by atoms with Crippen LogP contribution in [0.25, 0.3) is 0 Å². The van der Waals surface area contributed by atoms with E-state index in [-0.39, 0.29) is 6.04 Å². The smallest absolute Gasteiger partial charge is 0.151 e. The molecule has 0 fully saturated rings. The lowest BCUT2D eigenvalue weighted by atomic mass is 10.2. The van der Waals surface area contributed by atoms with Crippen LogP contribution in [0.5, 0.6) is 0 Å². The molecule has 1 aromatic carbocycles. The number of rotatable bonds is 0. The molecule has 0 saturated carbocycles. The van der Waals surface area contributed by atoms with Gasteiger partial charge in [0.25, 0.3) is 0 Å². The Bertz CT molecular complexity index is 379. The Morgan fingerprint density at radius 3 is 2.87 bits per heavy atom. The second kappa shape index (κ2) is 3.68. The van der Waals surface area contributed by atoms with Crippen molar-refractivity contribution >= 4 is 11.4 Å². The summed E-state index contributed by atoms with van der Waals surface area (Å²) in [6.07, 6.45) is 0.909. The lowest BCUT2D eigenvalue weighted by molar-refractivity contribution is 0.575. The van der Waals surface area contributed by atoms with Gasteiger partial charge in [-0.25, -0.2) is 8.78 Å². The van der Waals surface area contributed by atoms with E-state index in [4.69, 9.17) is 0 Å². The molecular weight excluding hydrogens is 198 g/mol.